The molecule has 0 aliphatic heterocycles. The molecule has 3 aromatic heterocycles. The fraction of sp³-hybridized carbons (Fsp3) is 0.100. The fourth-order valence-electron chi connectivity index (χ4n) is 3.05. The summed E-state index contributed by atoms with van der Waals surface area (Å²) >= 11 is 0. The number of nitrogens with zero attached hydrogens (tertiary/aromatic N) is 4. The first-order chi connectivity index (χ1) is 13.2. The molecule has 0 saturated carbocycles. The van der Waals surface area contributed by atoms with Crippen molar-refractivity contribution in [3.05, 3.63) is 94.7 Å². The Kier molecular flexibility index (Phi) is 4.57. The van der Waals surface area contributed by atoms with Crippen LogP contribution < -0.4 is 10.5 Å². The van der Waals surface area contributed by atoms with Crippen LogP contribution in [-0.4, -0.2) is 19.9 Å². The fourth-order valence-corrected chi connectivity index (χ4v) is 3.05. The SMILES string of the molecule is O=c1cc(CN(Cc2ccncc2)c2ccncn2)c2cccc(F)c2[nH]1. The number of hydrogen-bond acceptors (Lipinski definition) is 5. The summed E-state index contributed by atoms with van der Waals surface area (Å²) in [5, 5.41) is 0.670. The molecule has 0 atom stereocenters. The van der Waals surface area contributed by atoms with Crippen LogP contribution in [0.25, 0.3) is 10.9 Å². The lowest BCUT2D eigenvalue weighted by Gasteiger charge is -2.24. The summed E-state index contributed by atoms with van der Waals surface area (Å²) in [7, 11) is 0. The summed E-state index contributed by atoms with van der Waals surface area (Å²) in [5.74, 6) is 0.265. The van der Waals surface area contributed by atoms with Crippen molar-refractivity contribution in [1.82, 2.24) is 19.9 Å². The number of halogens is 1. The number of nitrogens with one attached hydrogen (secondary N) is 1. The van der Waals surface area contributed by atoms with Crippen LogP contribution in [0.5, 0.6) is 0 Å². The van der Waals surface area contributed by atoms with Crippen molar-refractivity contribution in [2.45, 2.75) is 13.1 Å². The van der Waals surface area contributed by atoms with E-state index in [1.807, 2.05) is 17.0 Å². The molecule has 0 aliphatic carbocycles. The van der Waals surface area contributed by atoms with Gasteiger partial charge in [0.05, 0.1) is 5.52 Å². The molecule has 0 unspecified atom stereocenters. The van der Waals surface area contributed by atoms with Crippen molar-refractivity contribution in [3.8, 4) is 0 Å². The first-order valence-corrected chi connectivity index (χ1v) is 8.41. The molecule has 1 aromatic carbocycles. The van der Waals surface area contributed by atoms with Crippen LogP contribution >= 0.6 is 0 Å². The van der Waals surface area contributed by atoms with Crippen molar-refractivity contribution in [3.63, 3.8) is 0 Å². The number of rotatable bonds is 5. The van der Waals surface area contributed by atoms with Gasteiger partial charge in [0.2, 0.25) is 5.56 Å². The molecular weight excluding hydrogens is 345 g/mol. The zero-order valence-corrected chi connectivity index (χ0v) is 14.3. The third-order valence-electron chi connectivity index (χ3n) is 4.29. The van der Waals surface area contributed by atoms with Gasteiger partial charge in [0, 0.05) is 43.1 Å². The van der Waals surface area contributed by atoms with Gasteiger partial charge in [-0.05, 0) is 35.4 Å². The number of anilines is 1. The number of H-pyrrole nitrogens is 1. The van der Waals surface area contributed by atoms with Crippen LogP contribution in [0.15, 0.2) is 72.2 Å². The van der Waals surface area contributed by atoms with E-state index in [0.717, 1.165) is 11.1 Å². The van der Waals surface area contributed by atoms with E-state index in [2.05, 4.69) is 19.9 Å². The summed E-state index contributed by atoms with van der Waals surface area (Å²) in [6.45, 7) is 0.951. The van der Waals surface area contributed by atoms with Gasteiger partial charge in [-0.1, -0.05) is 12.1 Å². The lowest BCUT2D eigenvalue weighted by molar-refractivity contribution is 0.636. The second-order valence-electron chi connectivity index (χ2n) is 6.10. The third-order valence-corrected chi connectivity index (χ3v) is 4.29. The number of para-hydroxylation sites is 1. The minimum Gasteiger partial charge on any atom is -0.348 e. The van der Waals surface area contributed by atoms with Gasteiger partial charge in [0.15, 0.2) is 0 Å². The van der Waals surface area contributed by atoms with E-state index in [1.165, 1.54) is 18.5 Å². The van der Waals surface area contributed by atoms with Crippen LogP contribution in [-0.2, 0) is 13.1 Å². The van der Waals surface area contributed by atoms with E-state index in [-0.39, 0.29) is 11.1 Å². The van der Waals surface area contributed by atoms with E-state index in [4.69, 9.17) is 0 Å². The lowest BCUT2D eigenvalue weighted by atomic mass is 10.1. The molecule has 0 spiro atoms. The number of aromatic amines is 1. The maximum absolute atomic E-state index is 14.1. The highest BCUT2D eigenvalue weighted by atomic mass is 19.1. The van der Waals surface area contributed by atoms with Crippen molar-refractivity contribution < 1.29 is 4.39 Å². The van der Waals surface area contributed by atoms with Gasteiger partial charge in [-0.3, -0.25) is 9.78 Å². The van der Waals surface area contributed by atoms with Gasteiger partial charge in [-0.15, -0.1) is 0 Å². The average Bonchev–Trinajstić information content (AvgIpc) is 2.70. The third kappa shape index (κ3) is 3.67. The zero-order valence-electron chi connectivity index (χ0n) is 14.3. The summed E-state index contributed by atoms with van der Waals surface area (Å²) < 4.78 is 14.1. The Morgan fingerprint density at radius 1 is 1.00 bits per heavy atom. The summed E-state index contributed by atoms with van der Waals surface area (Å²) in [6, 6.07) is 11.9. The van der Waals surface area contributed by atoms with Crippen LogP contribution in [0, 0.1) is 5.82 Å². The first kappa shape index (κ1) is 16.8. The zero-order chi connectivity index (χ0) is 18.6. The summed E-state index contributed by atoms with van der Waals surface area (Å²) in [6.07, 6.45) is 6.60. The number of hydrogen-bond donors (Lipinski definition) is 1. The minimum absolute atomic E-state index is 0.214. The first-order valence-electron chi connectivity index (χ1n) is 8.41. The van der Waals surface area contributed by atoms with Crippen LogP contribution in [0.4, 0.5) is 10.2 Å². The van der Waals surface area contributed by atoms with Crippen molar-refractivity contribution in [2.75, 3.05) is 4.90 Å². The van der Waals surface area contributed by atoms with Crippen LogP contribution in [0.3, 0.4) is 0 Å². The van der Waals surface area contributed by atoms with Crippen molar-refractivity contribution in [2.24, 2.45) is 0 Å². The monoisotopic (exact) mass is 361 g/mol. The average molecular weight is 361 g/mol. The van der Waals surface area contributed by atoms with Gasteiger partial charge < -0.3 is 9.88 Å². The summed E-state index contributed by atoms with van der Waals surface area (Å²) in [4.78, 5) is 29.0. The minimum atomic E-state index is -0.450. The van der Waals surface area contributed by atoms with Gasteiger partial charge >= 0.3 is 0 Å². The van der Waals surface area contributed by atoms with E-state index in [9.17, 15) is 9.18 Å². The largest absolute Gasteiger partial charge is 0.348 e. The number of pyridine rings is 2. The van der Waals surface area contributed by atoms with Gasteiger partial charge in [-0.2, -0.15) is 0 Å². The predicted octanol–water partition coefficient (Wildman–Crippen LogP) is 3.06. The molecular formula is C20H16FN5O. The highest BCUT2D eigenvalue weighted by Crippen LogP contribution is 2.22. The number of benzene rings is 1. The predicted molar refractivity (Wildman–Crippen MR) is 101 cm³/mol. The summed E-state index contributed by atoms with van der Waals surface area (Å²) in [5.41, 5.74) is 1.64. The highest BCUT2D eigenvalue weighted by Gasteiger charge is 2.14. The van der Waals surface area contributed by atoms with E-state index in [1.54, 1.807) is 36.8 Å². The van der Waals surface area contributed by atoms with Crippen LogP contribution in [0.1, 0.15) is 11.1 Å². The molecule has 4 aromatic rings. The Morgan fingerprint density at radius 3 is 2.59 bits per heavy atom. The molecule has 7 heteroatoms. The number of aromatic nitrogens is 4. The molecule has 1 N–H and O–H groups in total. The number of fused-ring (bicyclic) bond motifs is 1. The smallest absolute Gasteiger partial charge is 0.248 e. The topological polar surface area (TPSA) is 74.8 Å². The van der Waals surface area contributed by atoms with Crippen molar-refractivity contribution >= 4 is 16.7 Å². The Labute approximate surface area is 154 Å². The van der Waals surface area contributed by atoms with Crippen LogP contribution in [0.2, 0.25) is 0 Å². The Balaban J connectivity index is 1.77. The molecule has 0 amide bonds. The lowest BCUT2D eigenvalue weighted by Crippen LogP contribution is -2.24. The van der Waals surface area contributed by atoms with Gasteiger partial charge in [0.25, 0.3) is 0 Å². The van der Waals surface area contributed by atoms with Gasteiger partial charge in [-0.25, -0.2) is 14.4 Å². The molecule has 0 bridgehead atoms. The molecule has 3 heterocycles. The Morgan fingerprint density at radius 2 is 1.81 bits per heavy atom. The highest BCUT2D eigenvalue weighted by molar-refractivity contribution is 5.82. The van der Waals surface area contributed by atoms with E-state index in [0.29, 0.717) is 24.3 Å². The molecule has 27 heavy (non-hydrogen) atoms. The molecule has 6 nitrogen and oxygen atoms in total. The molecule has 0 aliphatic rings. The molecule has 134 valence electrons. The van der Waals surface area contributed by atoms with E-state index >= 15 is 0 Å². The molecule has 4 rings (SSSR count). The maximum Gasteiger partial charge on any atom is 0.248 e. The second kappa shape index (κ2) is 7.33. The quantitative estimate of drug-likeness (QED) is 0.591. The Bertz CT molecular complexity index is 1120. The second-order valence-corrected chi connectivity index (χ2v) is 6.10. The van der Waals surface area contributed by atoms with Gasteiger partial charge in [0.1, 0.15) is 18.0 Å². The standard InChI is InChI=1S/C20H16FN5O/c21-17-3-1-2-16-15(10-19(27)25-20(16)17)12-26(18-6-9-23-13-24-18)11-14-4-7-22-8-5-14/h1-10,13H,11-12H2,(H,25,27). The molecule has 0 radical (unpaired) electrons. The maximum atomic E-state index is 14.1. The molecule has 0 fully saturated rings. The normalized spacial score (nSPS) is 10.9. The van der Waals surface area contributed by atoms with Crippen molar-refractivity contribution in [1.29, 1.82) is 0 Å². The molecule has 0 saturated heterocycles. The Hall–Kier alpha value is -3.61. The van der Waals surface area contributed by atoms with E-state index < -0.39 is 5.82 Å².